The van der Waals surface area contributed by atoms with Crippen molar-refractivity contribution in [3.05, 3.63) is 54.2 Å². The Kier molecular flexibility index (Phi) is 4.57. The molecular weight excluding hydrogens is 316 g/mol. The van der Waals surface area contributed by atoms with Gasteiger partial charge in [0.05, 0.1) is 19.9 Å². The Hall–Kier alpha value is -3.08. The summed E-state index contributed by atoms with van der Waals surface area (Å²) in [5, 5.41) is 1.77. The van der Waals surface area contributed by atoms with Gasteiger partial charge in [-0.25, -0.2) is 4.98 Å². The minimum Gasteiger partial charge on any atom is -0.493 e. The van der Waals surface area contributed by atoms with E-state index in [-0.39, 0.29) is 5.91 Å². The molecule has 0 aliphatic heterocycles. The number of aromatic nitrogens is 1. The predicted molar refractivity (Wildman–Crippen MR) is 98.3 cm³/mol. The number of methoxy groups -OCH3 is 2. The van der Waals surface area contributed by atoms with Crippen molar-refractivity contribution in [1.29, 1.82) is 0 Å². The van der Waals surface area contributed by atoms with Gasteiger partial charge in [-0.15, -0.1) is 0 Å². The van der Waals surface area contributed by atoms with Crippen molar-refractivity contribution in [3.63, 3.8) is 0 Å². The zero-order valence-electron chi connectivity index (χ0n) is 14.7. The van der Waals surface area contributed by atoms with E-state index >= 15 is 0 Å². The van der Waals surface area contributed by atoms with Crippen LogP contribution in [-0.2, 0) is 0 Å². The van der Waals surface area contributed by atoms with Crippen LogP contribution < -0.4 is 9.47 Å². The molecule has 0 fully saturated rings. The number of carbonyl (C=O) groups excluding carboxylic acids is 1. The van der Waals surface area contributed by atoms with Crippen LogP contribution in [0.25, 0.3) is 22.0 Å². The number of fused-ring (bicyclic) bond motifs is 1. The summed E-state index contributed by atoms with van der Waals surface area (Å²) in [4.78, 5) is 18.6. The number of nitrogens with zero attached hydrogens (tertiary/aromatic N) is 2. The van der Waals surface area contributed by atoms with Gasteiger partial charge in [-0.3, -0.25) is 4.79 Å². The van der Waals surface area contributed by atoms with Crippen LogP contribution in [0.1, 0.15) is 10.5 Å². The molecule has 25 heavy (non-hydrogen) atoms. The number of benzene rings is 2. The molecule has 0 saturated heterocycles. The van der Waals surface area contributed by atoms with Crippen molar-refractivity contribution in [2.45, 2.75) is 0 Å². The maximum absolute atomic E-state index is 12.5. The normalized spacial score (nSPS) is 10.6. The minimum absolute atomic E-state index is 0.145. The summed E-state index contributed by atoms with van der Waals surface area (Å²) >= 11 is 0. The lowest BCUT2D eigenvalue weighted by Gasteiger charge is -2.15. The van der Waals surface area contributed by atoms with Crippen molar-refractivity contribution in [3.8, 4) is 22.8 Å². The number of carbonyl (C=O) groups is 1. The molecule has 0 atom stereocenters. The van der Waals surface area contributed by atoms with Gasteiger partial charge in [0.1, 0.15) is 5.69 Å². The third kappa shape index (κ3) is 3.13. The van der Waals surface area contributed by atoms with Gasteiger partial charge in [-0.1, -0.05) is 30.3 Å². The Morgan fingerprint density at radius 2 is 1.60 bits per heavy atom. The molecule has 1 aromatic heterocycles. The largest absolute Gasteiger partial charge is 0.493 e. The van der Waals surface area contributed by atoms with Crippen LogP contribution in [0.4, 0.5) is 0 Å². The van der Waals surface area contributed by atoms with Crippen LogP contribution in [0.2, 0.25) is 0 Å². The number of rotatable bonds is 4. The van der Waals surface area contributed by atoms with E-state index in [0.29, 0.717) is 17.2 Å². The first-order valence-electron chi connectivity index (χ1n) is 7.89. The maximum atomic E-state index is 12.5. The Morgan fingerprint density at radius 3 is 2.20 bits per heavy atom. The van der Waals surface area contributed by atoms with Gasteiger partial charge in [-0.05, 0) is 23.6 Å². The molecule has 3 aromatic rings. The number of hydrogen-bond donors (Lipinski definition) is 0. The molecule has 0 bridgehead atoms. The van der Waals surface area contributed by atoms with Crippen LogP contribution in [0.3, 0.4) is 0 Å². The van der Waals surface area contributed by atoms with Gasteiger partial charge in [0.2, 0.25) is 0 Å². The second kappa shape index (κ2) is 6.81. The van der Waals surface area contributed by atoms with Crippen LogP contribution in [0, 0.1) is 0 Å². The summed E-state index contributed by atoms with van der Waals surface area (Å²) in [6.07, 6.45) is 0. The highest BCUT2D eigenvalue weighted by atomic mass is 16.5. The fourth-order valence-corrected chi connectivity index (χ4v) is 2.73. The lowest BCUT2D eigenvalue weighted by molar-refractivity contribution is 0.0822. The molecule has 3 rings (SSSR count). The molecule has 0 spiro atoms. The van der Waals surface area contributed by atoms with E-state index in [1.165, 1.54) is 4.90 Å². The second-order valence-corrected chi connectivity index (χ2v) is 5.85. The van der Waals surface area contributed by atoms with Crippen molar-refractivity contribution in [2.24, 2.45) is 0 Å². The molecule has 5 heteroatoms. The van der Waals surface area contributed by atoms with Crippen molar-refractivity contribution >= 4 is 16.7 Å². The Bertz CT molecular complexity index is 921. The topological polar surface area (TPSA) is 51.7 Å². The number of ether oxygens (including phenoxy) is 2. The Morgan fingerprint density at radius 1 is 0.960 bits per heavy atom. The average molecular weight is 336 g/mol. The quantitative estimate of drug-likeness (QED) is 0.730. The van der Waals surface area contributed by atoms with Gasteiger partial charge in [-0.2, -0.15) is 0 Å². The molecule has 0 radical (unpaired) electrons. The zero-order chi connectivity index (χ0) is 18.0. The monoisotopic (exact) mass is 336 g/mol. The molecule has 0 saturated carbocycles. The van der Waals surface area contributed by atoms with Crippen LogP contribution in [0.15, 0.2) is 48.5 Å². The summed E-state index contributed by atoms with van der Waals surface area (Å²) in [6.45, 7) is 0. The molecular formula is C20H20N2O3. The highest BCUT2D eigenvalue weighted by molar-refractivity contribution is 6.02. The minimum atomic E-state index is -0.145. The number of hydrogen-bond acceptors (Lipinski definition) is 4. The van der Waals surface area contributed by atoms with Gasteiger partial charge in [0, 0.05) is 25.0 Å². The summed E-state index contributed by atoms with van der Waals surface area (Å²) in [7, 11) is 6.62. The SMILES string of the molecule is COc1cc2cc(C(=O)N(C)C)nc(-c3ccccc3)c2cc1OC. The van der Waals surface area contributed by atoms with E-state index in [9.17, 15) is 4.79 Å². The smallest absolute Gasteiger partial charge is 0.271 e. The number of pyridine rings is 1. The van der Waals surface area contributed by atoms with Crippen LogP contribution in [-0.4, -0.2) is 44.1 Å². The molecule has 128 valence electrons. The Labute approximate surface area is 146 Å². The standard InChI is InChI=1S/C20H20N2O3/c1-22(2)20(23)16-10-14-11-17(24-3)18(25-4)12-15(14)19(21-16)13-8-6-5-7-9-13/h5-12H,1-4H3. The van der Waals surface area contributed by atoms with E-state index < -0.39 is 0 Å². The lowest BCUT2D eigenvalue weighted by atomic mass is 10.0. The molecule has 0 unspecified atom stereocenters. The van der Waals surface area contributed by atoms with E-state index in [4.69, 9.17) is 9.47 Å². The zero-order valence-corrected chi connectivity index (χ0v) is 14.7. The molecule has 0 aliphatic rings. The molecule has 1 heterocycles. The van der Waals surface area contributed by atoms with Gasteiger partial charge >= 0.3 is 0 Å². The molecule has 0 N–H and O–H groups in total. The summed E-state index contributed by atoms with van der Waals surface area (Å²) in [6, 6.07) is 15.3. The average Bonchev–Trinajstić information content (AvgIpc) is 2.65. The summed E-state index contributed by atoms with van der Waals surface area (Å²) in [5.74, 6) is 1.10. The maximum Gasteiger partial charge on any atom is 0.271 e. The van der Waals surface area contributed by atoms with E-state index in [1.807, 2.05) is 42.5 Å². The molecule has 0 aliphatic carbocycles. The highest BCUT2D eigenvalue weighted by Crippen LogP contribution is 2.36. The van der Waals surface area contributed by atoms with Crippen molar-refractivity contribution < 1.29 is 14.3 Å². The van der Waals surface area contributed by atoms with Crippen LogP contribution >= 0.6 is 0 Å². The molecule has 2 aromatic carbocycles. The van der Waals surface area contributed by atoms with Gasteiger partial charge in [0.25, 0.3) is 5.91 Å². The fraction of sp³-hybridized carbons (Fsp3) is 0.200. The first-order valence-corrected chi connectivity index (χ1v) is 7.89. The summed E-state index contributed by atoms with van der Waals surface area (Å²) in [5.41, 5.74) is 2.07. The fourth-order valence-electron chi connectivity index (χ4n) is 2.73. The highest BCUT2D eigenvalue weighted by Gasteiger charge is 2.17. The summed E-state index contributed by atoms with van der Waals surface area (Å²) < 4.78 is 10.8. The Balaban J connectivity index is 2.35. The molecule has 1 amide bonds. The first kappa shape index (κ1) is 16.8. The predicted octanol–water partition coefficient (Wildman–Crippen LogP) is 3.62. The first-order chi connectivity index (χ1) is 12.0. The van der Waals surface area contributed by atoms with E-state index in [0.717, 1.165) is 22.0 Å². The van der Waals surface area contributed by atoms with Gasteiger partial charge < -0.3 is 14.4 Å². The number of amides is 1. The van der Waals surface area contributed by atoms with Gasteiger partial charge in [0.15, 0.2) is 11.5 Å². The van der Waals surface area contributed by atoms with E-state index in [1.54, 1.807) is 34.4 Å². The van der Waals surface area contributed by atoms with Crippen molar-refractivity contribution in [2.75, 3.05) is 28.3 Å². The molecule has 5 nitrogen and oxygen atoms in total. The van der Waals surface area contributed by atoms with E-state index in [2.05, 4.69) is 4.98 Å². The second-order valence-electron chi connectivity index (χ2n) is 5.85. The third-order valence-electron chi connectivity index (χ3n) is 4.01. The lowest BCUT2D eigenvalue weighted by Crippen LogP contribution is -2.22. The van der Waals surface area contributed by atoms with Crippen molar-refractivity contribution in [1.82, 2.24) is 9.88 Å². The third-order valence-corrected chi connectivity index (χ3v) is 4.01. The van der Waals surface area contributed by atoms with Crippen LogP contribution in [0.5, 0.6) is 11.5 Å².